The molecule has 25 heavy (non-hydrogen) atoms. The monoisotopic (exact) mass is 359 g/mol. The van der Waals surface area contributed by atoms with E-state index in [1.807, 2.05) is 29.2 Å². The topological polar surface area (TPSA) is 61.4 Å². The Morgan fingerprint density at radius 3 is 2.60 bits per heavy atom. The van der Waals surface area contributed by atoms with Gasteiger partial charge in [-0.15, -0.1) is 0 Å². The van der Waals surface area contributed by atoms with Gasteiger partial charge in [-0.3, -0.25) is 4.79 Å². The molecule has 0 aliphatic carbocycles. The van der Waals surface area contributed by atoms with E-state index in [0.717, 1.165) is 37.0 Å². The number of piperazine rings is 1. The van der Waals surface area contributed by atoms with Crippen LogP contribution in [0.3, 0.4) is 0 Å². The molecular weight excluding hydrogens is 338 g/mol. The average molecular weight is 360 g/mol. The van der Waals surface area contributed by atoms with Crippen molar-refractivity contribution in [2.24, 2.45) is 0 Å². The molecule has 0 saturated carbocycles. The number of carbonyl (C=O) groups is 1. The summed E-state index contributed by atoms with van der Waals surface area (Å²) < 4.78 is 0. The fourth-order valence-electron chi connectivity index (χ4n) is 2.84. The van der Waals surface area contributed by atoms with Crippen molar-refractivity contribution in [3.05, 3.63) is 53.3 Å². The van der Waals surface area contributed by atoms with Crippen molar-refractivity contribution in [2.75, 3.05) is 44.2 Å². The van der Waals surface area contributed by atoms with E-state index in [0.29, 0.717) is 19.6 Å². The highest BCUT2D eigenvalue weighted by Gasteiger charge is 2.21. The molecule has 1 saturated heterocycles. The quantitative estimate of drug-likeness (QED) is 0.794. The SMILES string of the molecule is O=C(CNCCc1cccc(Cl)c1)N1CCN(c2ncccn2)CC1. The number of nitrogens with one attached hydrogen (secondary N) is 1. The molecule has 1 aliphatic rings. The Labute approximate surface area is 152 Å². The van der Waals surface area contributed by atoms with E-state index in [2.05, 4.69) is 20.2 Å². The highest BCUT2D eigenvalue weighted by Crippen LogP contribution is 2.11. The third-order valence-electron chi connectivity index (χ3n) is 4.22. The molecule has 1 aromatic carbocycles. The number of anilines is 1. The van der Waals surface area contributed by atoms with Gasteiger partial charge in [0.05, 0.1) is 6.54 Å². The van der Waals surface area contributed by atoms with Gasteiger partial charge in [0.25, 0.3) is 0 Å². The van der Waals surface area contributed by atoms with Crippen molar-refractivity contribution in [3.63, 3.8) is 0 Å². The first-order valence-corrected chi connectivity index (χ1v) is 8.85. The lowest BCUT2D eigenvalue weighted by atomic mass is 10.1. The summed E-state index contributed by atoms with van der Waals surface area (Å²) in [5.41, 5.74) is 1.17. The van der Waals surface area contributed by atoms with E-state index >= 15 is 0 Å². The Balaban J connectivity index is 1.37. The van der Waals surface area contributed by atoms with Crippen LogP contribution in [0.4, 0.5) is 5.95 Å². The van der Waals surface area contributed by atoms with Crippen LogP contribution in [0.15, 0.2) is 42.7 Å². The van der Waals surface area contributed by atoms with Gasteiger partial charge in [-0.05, 0) is 36.7 Å². The molecule has 0 spiro atoms. The lowest BCUT2D eigenvalue weighted by Crippen LogP contribution is -2.51. The first kappa shape index (κ1) is 17.6. The lowest BCUT2D eigenvalue weighted by Gasteiger charge is -2.34. The van der Waals surface area contributed by atoms with Gasteiger partial charge < -0.3 is 15.1 Å². The van der Waals surface area contributed by atoms with E-state index in [-0.39, 0.29) is 5.91 Å². The zero-order valence-corrected chi connectivity index (χ0v) is 14.8. The number of halogens is 1. The van der Waals surface area contributed by atoms with Crippen molar-refractivity contribution in [2.45, 2.75) is 6.42 Å². The van der Waals surface area contributed by atoms with Crippen molar-refractivity contribution in [1.29, 1.82) is 0 Å². The van der Waals surface area contributed by atoms with Gasteiger partial charge in [-0.1, -0.05) is 23.7 Å². The third kappa shape index (κ3) is 5.14. The predicted molar refractivity (Wildman–Crippen MR) is 98.9 cm³/mol. The van der Waals surface area contributed by atoms with Crippen molar-refractivity contribution in [1.82, 2.24) is 20.2 Å². The second-order valence-electron chi connectivity index (χ2n) is 5.97. The molecule has 0 atom stereocenters. The largest absolute Gasteiger partial charge is 0.338 e. The maximum Gasteiger partial charge on any atom is 0.236 e. The fourth-order valence-corrected chi connectivity index (χ4v) is 3.06. The molecule has 2 aromatic rings. The minimum absolute atomic E-state index is 0.139. The number of rotatable bonds is 6. The molecule has 1 aromatic heterocycles. The van der Waals surface area contributed by atoms with Crippen molar-refractivity contribution >= 4 is 23.5 Å². The summed E-state index contributed by atoms with van der Waals surface area (Å²) in [7, 11) is 0. The predicted octanol–water partition coefficient (Wildman–Crippen LogP) is 1.61. The Morgan fingerprint density at radius 2 is 1.88 bits per heavy atom. The number of aromatic nitrogens is 2. The summed E-state index contributed by atoms with van der Waals surface area (Å²) in [4.78, 5) is 24.8. The molecule has 3 rings (SSSR count). The number of nitrogens with zero attached hydrogens (tertiary/aromatic N) is 4. The Morgan fingerprint density at radius 1 is 1.12 bits per heavy atom. The van der Waals surface area contributed by atoms with Gasteiger partial charge in [-0.25, -0.2) is 9.97 Å². The van der Waals surface area contributed by atoms with E-state index < -0.39 is 0 Å². The van der Waals surface area contributed by atoms with Crippen LogP contribution in [-0.4, -0.2) is 60.0 Å². The van der Waals surface area contributed by atoms with Crippen LogP contribution in [0.25, 0.3) is 0 Å². The second-order valence-corrected chi connectivity index (χ2v) is 6.41. The Hall–Kier alpha value is -2.18. The molecular formula is C18H22ClN5O. The second kappa shape index (κ2) is 8.78. The molecule has 1 amide bonds. The molecule has 1 aliphatic heterocycles. The number of carbonyl (C=O) groups excluding carboxylic acids is 1. The molecule has 2 heterocycles. The lowest BCUT2D eigenvalue weighted by molar-refractivity contribution is -0.130. The number of amides is 1. The molecule has 1 fully saturated rings. The summed E-state index contributed by atoms with van der Waals surface area (Å²) in [6.07, 6.45) is 4.33. The van der Waals surface area contributed by atoms with E-state index in [1.165, 1.54) is 5.56 Å². The summed E-state index contributed by atoms with van der Waals surface area (Å²) in [5.74, 6) is 0.869. The van der Waals surface area contributed by atoms with Gasteiger partial charge in [0, 0.05) is 43.6 Å². The smallest absolute Gasteiger partial charge is 0.236 e. The van der Waals surface area contributed by atoms with Crippen LogP contribution in [0.1, 0.15) is 5.56 Å². The number of benzene rings is 1. The van der Waals surface area contributed by atoms with Gasteiger partial charge in [0.1, 0.15) is 0 Å². The normalized spacial score (nSPS) is 14.6. The van der Waals surface area contributed by atoms with Gasteiger partial charge in [0.15, 0.2) is 0 Å². The van der Waals surface area contributed by atoms with Gasteiger partial charge >= 0.3 is 0 Å². The molecule has 0 radical (unpaired) electrons. The van der Waals surface area contributed by atoms with E-state index in [1.54, 1.807) is 18.5 Å². The summed E-state index contributed by atoms with van der Waals surface area (Å²) >= 11 is 5.97. The third-order valence-corrected chi connectivity index (χ3v) is 4.46. The molecule has 0 bridgehead atoms. The van der Waals surface area contributed by atoms with Crippen LogP contribution in [0, 0.1) is 0 Å². The maximum absolute atomic E-state index is 12.3. The van der Waals surface area contributed by atoms with Crippen molar-refractivity contribution < 1.29 is 4.79 Å². The van der Waals surface area contributed by atoms with Gasteiger partial charge in [-0.2, -0.15) is 0 Å². The average Bonchev–Trinajstić information content (AvgIpc) is 2.66. The standard InChI is InChI=1S/C18H22ClN5O/c19-16-4-1-3-15(13-16)5-8-20-14-17(25)23-9-11-24(12-10-23)18-21-6-2-7-22-18/h1-4,6-7,13,20H,5,8-12,14H2. The van der Waals surface area contributed by atoms with Gasteiger partial charge in [0.2, 0.25) is 11.9 Å². The molecule has 7 heteroatoms. The number of hydrogen-bond acceptors (Lipinski definition) is 5. The van der Waals surface area contributed by atoms with Crippen LogP contribution in [0.2, 0.25) is 5.02 Å². The van der Waals surface area contributed by atoms with Crippen LogP contribution in [-0.2, 0) is 11.2 Å². The molecule has 0 unspecified atom stereocenters. The maximum atomic E-state index is 12.3. The van der Waals surface area contributed by atoms with Crippen LogP contribution >= 0.6 is 11.6 Å². The minimum atomic E-state index is 0.139. The highest BCUT2D eigenvalue weighted by molar-refractivity contribution is 6.30. The summed E-state index contributed by atoms with van der Waals surface area (Å²) in [6, 6.07) is 9.61. The Bertz CT molecular complexity index is 689. The van der Waals surface area contributed by atoms with E-state index in [9.17, 15) is 4.79 Å². The minimum Gasteiger partial charge on any atom is -0.338 e. The summed E-state index contributed by atoms with van der Waals surface area (Å²) in [6.45, 7) is 4.04. The fraction of sp³-hybridized carbons (Fsp3) is 0.389. The van der Waals surface area contributed by atoms with Crippen LogP contribution < -0.4 is 10.2 Å². The van der Waals surface area contributed by atoms with Crippen LogP contribution in [0.5, 0.6) is 0 Å². The molecule has 6 nitrogen and oxygen atoms in total. The zero-order valence-electron chi connectivity index (χ0n) is 14.1. The van der Waals surface area contributed by atoms with Crippen molar-refractivity contribution in [3.8, 4) is 0 Å². The highest BCUT2D eigenvalue weighted by atomic mass is 35.5. The summed E-state index contributed by atoms with van der Waals surface area (Å²) in [5, 5.41) is 3.97. The Kier molecular flexibility index (Phi) is 6.19. The molecule has 132 valence electrons. The number of hydrogen-bond donors (Lipinski definition) is 1. The molecule has 1 N–H and O–H groups in total. The first-order chi connectivity index (χ1) is 12.2. The zero-order chi connectivity index (χ0) is 17.5. The van der Waals surface area contributed by atoms with E-state index in [4.69, 9.17) is 11.6 Å². The first-order valence-electron chi connectivity index (χ1n) is 8.47.